The summed E-state index contributed by atoms with van der Waals surface area (Å²) >= 11 is 0. The van der Waals surface area contributed by atoms with E-state index in [0.29, 0.717) is 0 Å². The summed E-state index contributed by atoms with van der Waals surface area (Å²) in [5.41, 5.74) is 1.98. The first-order valence-electron chi connectivity index (χ1n) is 8.28. The van der Waals surface area contributed by atoms with Crippen molar-refractivity contribution in [1.82, 2.24) is 10.6 Å². The molecule has 2 aliphatic rings. The molecule has 0 spiro atoms. The normalized spacial score (nSPS) is 27.0. The third-order valence-corrected chi connectivity index (χ3v) is 5.32. The molecule has 0 aliphatic heterocycles. The summed E-state index contributed by atoms with van der Waals surface area (Å²) in [6.07, 6.45) is 6.42. The van der Waals surface area contributed by atoms with Crippen LogP contribution in [0.2, 0.25) is 0 Å². The molecule has 21 heavy (non-hydrogen) atoms. The summed E-state index contributed by atoms with van der Waals surface area (Å²) in [7, 11) is 1.94. The van der Waals surface area contributed by atoms with Crippen LogP contribution in [0.1, 0.15) is 41.6 Å². The molecule has 1 aromatic rings. The standard InChI is InChI=1S/C18H26N2O/c1-19-9-8-14-4-2-3-5-17(14)18(21)20-12-16-11-13-6-7-15(16)10-13/h2-5,13,15-16,19H,6-12H2,1H3,(H,20,21). The van der Waals surface area contributed by atoms with Gasteiger partial charge in [0.25, 0.3) is 5.91 Å². The molecule has 2 bridgehead atoms. The number of carbonyl (C=O) groups excluding carboxylic acids is 1. The third-order valence-electron chi connectivity index (χ3n) is 5.32. The van der Waals surface area contributed by atoms with Crippen LogP contribution in [0, 0.1) is 17.8 Å². The van der Waals surface area contributed by atoms with Crippen molar-refractivity contribution in [3.63, 3.8) is 0 Å². The Hall–Kier alpha value is -1.35. The lowest BCUT2D eigenvalue weighted by Crippen LogP contribution is -2.32. The third kappa shape index (κ3) is 3.29. The highest BCUT2D eigenvalue weighted by Gasteiger charge is 2.39. The predicted molar refractivity (Wildman–Crippen MR) is 85.3 cm³/mol. The maximum atomic E-state index is 12.5. The van der Waals surface area contributed by atoms with E-state index >= 15 is 0 Å². The molecule has 2 aliphatic carbocycles. The fourth-order valence-corrected chi connectivity index (χ4v) is 4.16. The first-order chi connectivity index (χ1) is 10.3. The molecule has 0 radical (unpaired) electrons. The molecular formula is C18H26N2O. The molecule has 1 amide bonds. The fraction of sp³-hybridized carbons (Fsp3) is 0.611. The summed E-state index contributed by atoms with van der Waals surface area (Å²) in [5.74, 6) is 2.64. The molecule has 3 rings (SSSR count). The van der Waals surface area contributed by atoms with Crippen LogP contribution in [-0.4, -0.2) is 26.0 Å². The van der Waals surface area contributed by atoms with Gasteiger partial charge >= 0.3 is 0 Å². The highest BCUT2D eigenvalue weighted by atomic mass is 16.1. The van der Waals surface area contributed by atoms with Crippen molar-refractivity contribution < 1.29 is 4.79 Å². The Kier molecular flexibility index (Phi) is 4.59. The molecule has 1 aromatic carbocycles. The second-order valence-corrected chi connectivity index (χ2v) is 6.66. The second kappa shape index (κ2) is 6.61. The Bertz CT molecular complexity index is 500. The van der Waals surface area contributed by atoms with E-state index in [-0.39, 0.29) is 5.91 Å². The van der Waals surface area contributed by atoms with E-state index < -0.39 is 0 Å². The quantitative estimate of drug-likeness (QED) is 0.844. The molecule has 3 unspecified atom stereocenters. The average molecular weight is 286 g/mol. The minimum absolute atomic E-state index is 0.101. The van der Waals surface area contributed by atoms with Crippen LogP contribution < -0.4 is 10.6 Å². The van der Waals surface area contributed by atoms with Gasteiger partial charge in [-0.25, -0.2) is 0 Å². The molecule has 0 aromatic heterocycles. The van der Waals surface area contributed by atoms with E-state index in [2.05, 4.69) is 16.7 Å². The summed E-state index contributed by atoms with van der Waals surface area (Å²) < 4.78 is 0. The van der Waals surface area contributed by atoms with Crippen LogP contribution in [0.4, 0.5) is 0 Å². The van der Waals surface area contributed by atoms with Crippen LogP contribution >= 0.6 is 0 Å². The molecule has 3 nitrogen and oxygen atoms in total. The van der Waals surface area contributed by atoms with E-state index in [1.54, 1.807) is 0 Å². The number of amides is 1. The van der Waals surface area contributed by atoms with Gasteiger partial charge in [-0.15, -0.1) is 0 Å². The molecule has 3 atom stereocenters. The van der Waals surface area contributed by atoms with Crippen molar-refractivity contribution in [3.8, 4) is 0 Å². The maximum Gasteiger partial charge on any atom is 0.251 e. The topological polar surface area (TPSA) is 41.1 Å². The van der Waals surface area contributed by atoms with E-state index in [1.165, 1.54) is 25.7 Å². The van der Waals surface area contributed by atoms with Crippen molar-refractivity contribution in [3.05, 3.63) is 35.4 Å². The van der Waals surface area contributed by atoms with Gasteiger partial charge < -0.3 is 10.6 Å². The zero-order valence-corrected chi connectivity index (χ0v) is 12.9. The first-order valence-corrected chi connectivity index (χ1v) is 8.28. The van der Waals surface area contributed by atoms with Crippen LogP contribution in [0.25, 0.3) is 0 Å². The van der Waals surface area contributed by atoms with Crippen molar-refractivity contribution in [2.75, 3.05) is 20.1 Å². The van der Waals surface area contributed by atoms with Gasteiger partial charge in [0.05, 0.1) is 0 Å². The van der Waals surface area contributed by atoms with Gasteiger partial charge in [0.2, 0.25) is 0 Å². The highest BCUT2D eigenvalue weighted by molar-refractivity contribution is 5.95. The highest BCUT2D eigenvalue weighted by Crippen LogP contribution is 2.47. The lowest BCUT2D eigenvalue weighted by atomic mass is 9.89. The molecule has 2 N–H and O–H groups in total. The van der Waals surface area contributed by atoms with Crippen LogP contribution in [0.15, 0.2) is 24.3 Å². The van der Waals surface area contributed by atoms with Crippen molar-refractivity contribution in [1.29, 1.82) is 0 Å². The molecule has 3 heteroatoms. The fourth-order valence-electron chi connectivity index (χ4n) is 4.16. The Morgan fingerprint density at radius 3 is 2.81 bits per heavy atom. The number of nitrogens with one attached hydrogen (secondary N) is 2. The number of hydrogen-bond donors (Lipinski definition) is 2. The van der Waals surface area contributed by atoms with Gasteiger partial charge in [-0.3, -0.25) is 4.79 Å². The van der Waals surface area contributed by atoms with Crippen LogP contribution in [-0.2, 0) is 6.42 Å². The van der Waals surface area contributed by atoms with Crippen LogP contribution in [0.5, 0.6) is 0 Å². The van der Waals surface area contributed by atoms with E-state index in [1.807, 2.05) is 25.2 Å². The average Bonchev–Trinajstić information content (AvgIpc) is 3.13. The van der Waals surface area contributed by atoms with Gasteiger partial charge in [0.1, 0.15) is 0 Å². The molecule has 0 saturated heterocycles. The minimum atomic E-state index is 0.101. The van der Waals surface area contributed by atoms with Gasteiger partial charge in [0.15, 0.2) is 0 Å². The van der Waals surface area contributed by atoms with Gasteiger partial charge in [0, 0.05) is 12.1 Å². The predicted octanol–water partition coefficient (Wildman–Crippen LogP) is 2.61. The van der Waals surface area contributed by atoms with Crippen molar-refractivity contribution in [2.24, 2.45) is 17.8 Å². The number of rotatable bonds is 6. The minimum Gasteiger partial charge on any atom is -0.352 e. The molecular weight excluding hydrogens is 260 g/mol. The van der Waals surface area contributed by atoms with E-state index in [4.69, 9.17) is 0 Å². The van der Waals surface area contributed by atoms with Crippen molar-refractivity contribution >= 4 is 5.91 Å². The largest absolute Gasteiger partial charge is 0.352 e. The SMILES string of the molecule is CNCCc1ccccc1C(=O)NCC1CC2CCC1C2. The monoisotopic (exact) mass is 286 g/mol. The number of carbonyl (C=O) groups is 1. The number of hydrogen-bond acceptors (Lipinski definition) is 2. The maximum absolute atomic E-state index is 12.5. The Morgan fingerprint density at radius 1 is 1.24 bits per heavy atom. The molecule has 2 saturated carbocycles. The molecule has 2 fully saturated rings. The lowest BCUT2D eigenvalue weighted by Gasteiger charge is -2.22. The first kappa shape index (κ1) is 14.6. The zero-order valence-electron chi connectivity index (χ0n) is 12.9. The number of likely N-dealkylation sites (N-methyl/N-ethyl adjacent to an activating group) is 1. The summed E-state index contributed by atoms with van der Waals surface area (Å²) in [6, 6.07) is 7.97. The number of benzene rings is 1. The van der Waals surface area contributed by atoms with Gasteiger partial charge in [-0.05, 0) is 68.7 Å². The number of fused-ring (bicyclic) bond motifs is 2. The summed E-state index contributed by atoms with van der Waals surface area (Å²) in [4.78, 5) is 12.5. The van der Waals surface area contributed by atoms with E-state index in [0.717, 1.165) is 48.4 Å². The Balaban J connectivity index is 1.57. The van der Waals surface area contributed by atoms with Crippen LogP contribution in [0.3, 0.4) is 0 Å². The smallest absolute Gasteiger partial charge is 0.251 e. The zero-order chi connectivity index (χ0) is 14.7. The van der Waals surface area contributed by atoms with Crippen molar-refractivity contribution in [2.45, 2.75) is 32.1 Å². The summed E-state index contributed by atoms with van der Waals surface area (Å²) in [6.45, 7) is 1.76. The molecule has 0 heterocycles. The molecule has 114 valence electrons. The Morgan fingerprint density at radius 2 is 2.10 bits per heavy atom. The van der Waals surface area contributed by atoms with Gasteiger partial charge in [-0.2, -0.15) is 0 Å². The van der Waals surface area contributed by atoms with Gasteiger partial charge in [-0.1, -0.05) is 24.6 Å². The second-order valence-electron chi connectivity index (χ2n) is 6.66. The Labute approximate surface area is 127 Å². The van der Waals surface area contributed by atoms with E-state index in [9.17, 15) is 4.79 Å². The lowest BCUT2D eigenvalue weighted by molar-refractivity contribution is 0.0941. The summed E-state index contributed by atoms with van der Waals surface area (Å²) in [5, 5.41) is 6.33.